The fourth-order valence-electron chi connectivity index (χ4n) is 1.73. The van der Waals surface area contributed by atoms with Crippen molar-refractivity contribution < 1.29 is 9.90 Å². The first kappa shape index (κ1) is 10.0. The molecule has 0 amide bonds. The lowest BCUT2D eigenvalue weighted by atomic mass is 9.66. The van der Waals surface area contributed by atoms with Crippen LogP contribution in [-0.4, -0.2) is 16.4 Å². The monoisotopic (exact) mass is 234 g/mol. The van der Waals surface area contributed by atoms with Gasteiger partial charge in [0.1, 0.15) is 0 Å². The van der Waals surface area contributed by atoms with Gasteiger partial charge in [0.25, 0.3) is 0 Å². The van der Waals surface area contributed by atoms with Crippen LogP contribution < -0.4 is 0 Å². The Labute approximate surface area is 81.5 Å². The Bertz CT molecular complexity index is 164. The van der Waals surface area contributed by atoms with Crippen molar-refractivity contribution in [3.05, 3.63) is 0 Å². The van der Waals surface area contributed by atoms with Crippen LogP contribution in [0.3, 0.4) is 0 Å². The van der Waals surface area contributed by atoms with E-state index >= 15 is 0 Å². The smallest absolute Gasteiger partial charge is 0.309 e. The van der Waals surface area contributed by atoms with Crippen LogP contribution in [0.2, 0.25) is 0 Å². The molecular formula is C9H15BrO2. The van der Waals surface area contributed by atoms with E-state index in [9.17, 15) is 4.79 Å². The number of aliphatic carboxylic acids is 1. The summed E-state index contributed by atoms with van der Waals surface area (Å²) in [5.74, 6) is -0.580. The third-order valence-electron chi connectivity index (χ3n) is 2.80. The van der Waals surface area contributed by atoms with Gasteiger partial charge in [-0.15, -0.1) is 0 Å². The lowest BCUT2D eigenvalue weighted by Gasteiger charge is -2.37. The number of alkyl halides is 1. The second-order valence-electron chi connectivity index (χ2n) is 3.59. The van der Waals surface area contributed by atoms with Crippen LogP contribution in [0.1, 0.15) is 38.5 Å². The highest BCUT2D eigenvalue weighted by Crippen LogP contribution is 2.45. The van der Waals surface area contributed by atoms with Gasteiger partial charge in [0, 0.05) is 5.33 Å². The van der Waals surface area contributed by atoms with Crippen molar-refractivity contribution in [3.8, 4) is 0 Å². The van der Waals surface area contributed by atoms with Gasteiger partial charge in [0.15, 0.2) is 0 Å². The first-order valence-corrected chi connectivity index (χ1v) is 5.63. The van der Waals surface area contributed by atoms with Gasteiger partial charge in [-0.25, -0.2) is 0 Å². The standard InChI is InChI=1S/C9H15BrO2/c10-7-2-1-4-9(8(11)12)5-3-6-9/h1-7H2,(H,11,12). The number of hydrogen-bond donors (Lipinski definition) is 1. The van der Waals surface area contributed by atoms with Gasteiger partial charge in [-0.1, -0.05) is 28.8 Å². The maximum absolute atomic E-state index is 10.9. The summed E-state index contributed by atoms with van der Waals surface area (Å²) < 4.78 is 0. The van der Waals surface area contributed by atoms with Gasteiger partial charge in [-0.2, -0.15) is 0 Å². The number of rotatable bonds is 5. The van der Waals surface area contributed by atoms with Crippen molar-refractivity contribution in [1.82, 2.24) is 0 Å². The molecule has 1 saturated carbocycles. The highest BCUT2D eigenvalue weighted by Gasteiger charge is 2.43. The Hall–Kier alpha value is -0.0500. The minimum absolute atomic E-state index is 0.331. The molecule has 0 aliphatic heterocycles. The molecule has 0 radical (unpaired) electrons. The molecule has 70 valence electrons. The van der Waals surface area contributed by atoms with E-state index < -0.39 is 5.97 Å². The minimum Gasteiger partial charge on any atom is -0.481 e. The number of halogens is 1. The summed E-state index contributed by atoms with van der Waals surface area (Å²) in [4.78, 5) is 10.9. The molecule has 12 heavy (non-hydrogen) atoms. The summed E-state index contributed by atoms with van der Waals surface area (Å²) in [5, 5.41) is 9.96. The highest BCUT2D eigenvalue weighted by molar-refractivity contribution is 9.09. The summed E-state index contributed by atoms with van der Waals surface area (Å²) in [5.41, 5.74) is -0.331. The fraction of sp³-hybridized carbons (Fsp3) is 0.889. The molecule has 0 bridgehead atoms. The maximum atomic E-state index is 10.9. The minimum atomic E-state index is -0.580. The van der Waals surface area contributed by atoms with Crippen molar-refractivity contribution in [2.45, 2.75) is 38.5 Å². The Balaban J connectivity index is 2.30. The van der Waals surface area contributed by atoms with Gasteiger partial charge in [-0.3, -0.25) is 4.79 Å². The molecule has 2 nitrogen and oxygen atoms in total. The van der Waals surface area contributed by atoms with Crippen molar-refractivity contribution in [1.29, 1.82) is 0 Å². The zero-order valence-electron chi connectivity index (χ0n) is 7.18. The van der Waals surface area contributed by atoms with Crippen LogP contribution in [0.15, 0.2) is 0 Å². The predicted molar refractivity (Wildman–Crippen MR) is 51.6 cm³/mol. The van der Waals surface area contributed by atoms with Crippen molar-refractivity contribution in [3.63, 3.8) is 0 Å². The van der Waals surface area contributed by atoms with Gasteiger partial charge in [0.05, 0.1) is 5.41 Å². The number of carboxylic acids is 1. The molecule has 1 rings (SSSR count). The molecule has 1 fully saturated rings. The van der Waals surface area contributed by atoms with Crippen LogP contribution in [0.25, 0.3) is 0 Å². The van der Waals surface area contributed by atoms with E-state index in [1.165, 1.54) is 0 Å². The lowest BCUT2D eigenvalue weighted by molar-refractivity contribution is -0.155. The zero-order chi connectivity index (χ0) is 9.03. The molecule has 0 spiro atoms. The molecule has 0 saturated heterocycles. The van der Waals surface area contributed by atoms with Crippen LogP contribution in [0.5, 0.6) is 0 Å². The molecule has 1 aliphatic carbocycles. The van der Waals surface area contributed by atoms with E-state index in [0.717, 1.165) is 43.9 Å². The summed E-state index contributed by atoms with van der Waals surface area (Å²) in [6.07, 6.45) is 5.89. The van der Waals surface area contributed by atoms with Crippen LogP contribution in [-0.2, 0) is 4.79 Å². The van der Waals surface area contributed by atoms with E-state index in [0.29, 0.717) is 0 Å². The van der Waals surface area contributed by atoms with Gasteiger partial charge >= 0.3 is 5.97 Å². The number of unbranched alkanes of at least 4 members (excludes halogenated alkanes) is 1. The molecule has 0 unspecified atom stereocenters. The van der Waals surface area contributed by atoms with Crippen LogP contribution in [0, 0.1) is 5.41 Å². The predicted octanol–water partition coefficient (Wildman–Crippen LogP) is 2.81. The second-order valence-corrected chi connectivity index (χ2v) is 4.38. The molecule has 0 aromatic heterocycles. The van der Waals surface area contributed by atoms with E-state index in [1.54, 1.807) is 0 Å². The van der Waals surface area contributed by atoms with Crippen molar-refractivity contribution in [2.24, 2.45) is 5.41 Å². The van der Waals surface area contributed by atoms with Gasteiger partial charge in [0.2, 0.25) is 0 Å². The average Bonchev–Trinajstić information content (AvgIpc) is 1.94. The van der Waals surface area contributed by atoms with Crippen molar-refractivity contribution in [2.75, 3.05) is 5.33 Å². The normalized spacial score (nSPS) is 20.1. The summed E-state index contributed by atoms with van der Waals surface area (Å²) in [7, 11) is 0. The number of hydrogen-bond acceptors (Lipinski definition) is 1. The quantitative estimate of drug-likeness (QED) is 0.587. The molecular weight excluding hydrogens is 220 g/mol. The highest BCUT2D eigenvalue weighted by atomic mass is 79.9. The van der Waals surface area contributed by atoms with E-state index in [1.807, 2.05) is 0 Å². The second kappa shape index (κ2) is 4.26. The van der Waals surface area contributed by atoms with Crippen LogP contribution in [0.4, 0.5) is 0 Å². The molecule has 3 heteroatoms. The van der Waals surface area contributed by atoms with E-state index in [-0.39, 0.29) is 5.41 Å². The lowest BCUT2D eigenvalue weighted by Crippen LogP contribution is -2.37. The maximum Gasteiger partial charge on any atom is 0.309 e. The first-order chi connectivity index (χ1) is 5.71. The van der Waals surface area contributed by atoms with Crippen molar-refractivity contribution >= 4 is 21.9 Å². The summed E-state index contributed by atoms with van der Waals surface area (Å²) in [6, 6.07) is 0. The molecule has 1 N–H and O–H groups in total. The topological polar surface area (TPSA) is 37.3 Å². The number of carbonyl (C=O) groups is 1. The summed E-state index contributed by atoms with van der Waals surface area (Å²) >= 11 is 3.35. The van der Waals surface area contributed by atoms with Gasteiger partial charge < -0.3 is 5.11 Å². The van der Waals surface area contributed by atoms with Crippen LogP contribution >= 0.6 is 15.9 Å². The molecule has 0 heterocycles. The van der Waals surface area contributed by atoms with E-state index in [2.05, 4.69) is 15.9 Å². The van der Waals surface area contributed by atoms with E-state index in [4.69, 9.17) is 5.11 Å². The Kier molecular flexibility index (Phi) is 3.56. The zero-order valence-corrected chi connectivity index (χ0v) is 8.77. The summed E-state index contributed by atoms with van der Waals surface area (Å²) in [6.45, 7) is 0. The average molecular weight is 235 g/mol. The fourth-order valence-corrected chi connectivity index (χ4v) is 2.13. The van der Waals surface area contributed by atoms with Gasteiger partial charge in [-0.05, 0) is 25.7 Å². The first-order valence-electron chi connectivity index (χ1n) is 4.51. The largest absolute Gasteiger partial charge is 0.481 e. The Morgan fingerprint density at radius 3 is 2.42 bits per heavy atom. The number of carboxylic acid groups (broad SMARTS) is 1. The molecule has 0 aromatic rings. The third kappa shape index (κ3) is 2.00. The Morgan fingerprint density at radius 1 is 1.42 bits per heavy atom. The third-order valence-corrected chi connectivity index (χ3v) is 3.36. The molecule has 1 aliphatic rings. The SMILES string of the molecule is O=C(O)C1(CCCCBr)CCC1. The Morgan fingerprint density at radius 2 is 2.08 bits per heavy atom. The molecule has 0 aromatic carbocycles. The molecule has 0 atom stereocenters.